The Balaban J connectivity index is 2.64. The van der Waals surface area contributed by atoms with Gasteiger partial charge in [-0.2, -0.15) is 15.0 Å². The Bertz CT molecular complexity index is 698. The van der Waals surface area contributed by atoms with Crippen LogP contribution in [0.25, 0.3) is 11.4 Å². The van der Waals surface area contributed by atoms with E-state index in [9.17, 15) is 9.59 Å². The summed E-state index contributed by atoms with van der Waals surface area (Å²) in [5.74, 6) is -0.138. The zero-order chi connectivity index (χ0) is 14.0. The summed E-state index contributed by atoms with van der Waals surface area (Å²) >= 11 is 0. The van der Waals surface area contributed by atoms with Gasteiger partial charge in [0.1, 0.15) is 5.56 Å². The van der Waals surface area contributed by atoms with E-state index < -0.39 is 11.2 Å². The summed E-state index contributed by atoms with van der Waals surface area (Å²) in [6.45, 7) is 2.38. The molecule has 0 radical (unpaired) electrons. The average Bonchev–Trinajstić information content (AvgIpc) is 2.31. The molecular formula is C10H13N7O2. The minimum atomic E-state index is -0.595. The van der Waals surface area contributed by atoms with Crippen LogP contribution in [0.4, 0.5) is 11.9 Å². The van der Waals surface area contributed by atoms with Gasteiger partial charge in [0.25, 0.3) is 5.56 Å². The maximum Gasteiger partial charge on any atom is 0.328 e. The molecule has 9 nitrogen and oxygen atoms in total. The van der Waals surface area contributed by atoms with Crippen LogP contribution < -0.4 is 22.7 Å². The summed E-state index contributed by atoms with van der Waals surface area (Å²) in [4.78, 5) is 36.8. The van der Waals surface area contributed by atoms with Gasteiger partial charge in [-0.15, -0.1) is 0 Å². The third kappa shape index (κ3) is 2.59. The highest BCUT2D eigenvalue weighted by molar-refractivity contribution is 5.54. The van der Waals surface area contributed by atoms with E-state index in [1.54, 1.807) is 0 Å². The third-order valence-corrected chi connectivity index (χ3v) is 2.39. The standard InChI is InChI=1S/C10H13N7O2/c1-2-3-17-4-5(7(18)15-10(17)19)6-13-8(11)16-9(12)14-6/h4H,2-3H2,1H3,(H,15,18,19)(H4,11,12,13,14,16). The lowest BCUT2D eigenvalue weighted by atomic mass is 10.3. The number of rotatable bonds is 3. The first-order chi connectivity index (χ1) is 9.01. The van der Waals surface area contributed by atoms with Gasteiger partial charge in [-0.25, -0.2) is 4.79 Å². The van der Waals surface area contributed by atoms with Gasteiger partial charge in [-0.05, 0) is 6.42 Å². The van der Waals surface area contributed by atoms with Crippen LogP contribution in [0.5, 0.6) is 0 Å². The molecule has 0 aliphatic rings. The monoisotopic (exact) mass is 263 g/mol. The van der Waals surface area contributed by atoms with Gasteiger partial charge < -0.3 is 11.5 Å². The lowest BCUT2D eigenvalue weighted by Gasteiger charge is -2.06. The molecule has 0 unspecified atom stereocenters. The van der Waals surface area contributed by atoms with Crippen molar-refractivity contribution in [1.82, 2.24) is 24.5 Å². The van der Waals surface area contributed by atoms with Crippen LogP contribution >= 0.6 is 0 Å². The molecule has 9 heteroatoms. The lowest BCUT2D eigenvalue weighted by molar-refractivity contribution is 0.633. The van der Waals surface area contributed by atoms with Gasteiger partial charge >= 0.3 is 5.69 Å². The van der Waals surface area contributed by atoms with Crippen molar-refractivity contribution in [2.24, 2.45) is 0 Å². The van der Waals surface area contributed by atoms with Crippen molar-refractivity contribution in [3.8, 4) is 11.4 Å². The smallest absolute Gasteiger partial charge is 0.328 e. The molecule has 0 aliphatic carbocycles. The van der Waals surface area contributed by atoms with Crippen molar-refractivity contribution >= 4 is 11.9 Å². The van der Waals surface area contributed by atoms with E-state index >= 15 is 0 Å². The van der Waals surface area contributed by atoms with Crippen molar-refractivity contribution in [2.45, 2.75) is 19.9 Å². The maximum atomic E-state index is 11.8. The molecule has 2 heterocycles. The maximum absolute atomic E-state index is 11.8. The van der Waals surface area contributed by atoms with Crippen molar-refractivity contribution in [3.05, 3.63) is 27.0 Å². The van der Waals surface area contributed by atoms with E-state index in [0.717, 1.165) is 6.42 Å². The minimum Gasteiger partial charge on any atom is -0.368 e. The molecule has 2 rings (SSSR count). The van der Waals surface area contributed by atoms with E-state index in [4.69, 9.17) is 11.5 Å². The molecule has 0 saturated heterocycles. The molecule has 0 aromatic carbocycles. The number of aryl methyl sites for hydroxylation is 1. The first-order valence-corrected chi connectivity index (χ1v) is 5.62. The highest BCUT2D eigenvalue weighted by atomic mass is 16.2. The van der Waals surface area contributed by atoms with Gasteiger partial charge in [0.15, 0.2) is 5.82 Å². The number of nitrogen functional groups attached to an aromatic ring is 2. The van der Waals surface area contributed by atoms with E-state index in [1.807, 2.05) is 6.92 Å². The van der Waals surface area contributed by atoms with Crippen LogP contribution in [-0.2, 0) is 6.54 Å². The Labute approximate surface area is 107 Å². The predicted molar refractivity (Wildman–Crippen MR) is 69.3 cm³/mol. The van der Waals surface area contributed by atoms with Crippen molar-refractivity contribution in [3.63, 3.8) is 0 Å². The summed E-state index contributed by atoms with van der Waals surface area (Å²) in [6, 6.07) is 0. The van der Waals surface area contributed by atoms with Gasteiger partial charge in [0, 0.05) is 12.7 Å². The molecule has 2 aromatic heterocycles. The first kappa shape index (κ1) is 12.7. The van der Waals surface area contributed by atoms with E-state index in [0.29, 0.717) is 6.54 Å². The molecule has 0 bridgehead atoms. The van der Waals surface area contributed by atoms with E-state index in [1.165, 1.54) is 10.8 Å². The second-order valence-electron chi connectivity index (χ2n) is 3.87. The molecule has 0 fully saturated rings. The Morgan fingerprint density at radius 3 is 2.42 bits per heavy atom. The van der Waals surface area contributed by atoms with Crippen molar-refractivity contribution < 1.29 is 0 Å². The van der Waals surface area contributed by atoms with Crippen LogP contribution in [-0.4, -0.2) is 24.5 Å². The highest BCUT2D eigenvalue weighted by Gasteiger charge is 2.11. The van der Waals surface area contributed by atoms with Crippen LogP contribution in [0.2, 0.25) is 0 Å². The summed E-state index contributed by atoms with van der Waals surface area (Å²) < 4.78 is 1.37. The van der Waals surface area contributed by atoms with Crippen LogP contribution in [0.1, 0.15) is 13.3 Å². The highest BCUT2D eigenvalue weighted by Crippen LogP contribution is 2.10. The van der Waals surface area contributed by atoms with Crippen molar-refractivity contribution in [2.75, 3.05) is 11.5 Å². The number of nitrogens with one attached hydrogen (secondary N) is 1. The number of hydrogen-bond donors (Lipinski definition) is 3. The largest absolute Gasteiger partial charge is 0.368 e. The van der Waals surface area contributed by atoms with Crippen molar-refractivity contribution in [1.29, 1.82) is 0 Å². The molecule has 0 amide bonds. The second-order valence-corrected chi connectivity index (χ2v) is 3.87. The van der Waals surface area contributed by atoms with Gasteiger partial charge in [-0.3, -0.25) is 14.3 Å². The molecule has 0 aliphatic heterocycles. The predicted octanol–water partition coefficient (Wildman–Crippen LogP) is -1.04. The molecule has 2 aromatic rings. The number of hydrogen-bond acceptors (Lipinski definition) is 7. The number of nitrogens with zero attached hydrogens (tertiary/aromatic N) is 4. The first-order valence-electron chi connectivity index (χ1n) is 5.62. The third-order valence-electron chi connectivity index (χ3n) is 2.39. The van der Waals surface area contributed by atoms with E-state index in [2.05, 4.69) is 19.9 Å². The topological polar surface area (TPSA) is 146 Å². The SMILES string of the molecule is CCCn1cc(-c2nc(N)nc(N)n2)c(=O)[nH]c1=O. The van der Waals surface area contributed by atoms with E-state index in [-0.39, 0.29) is 23.3 Å². The molecule has 0 spiro atoms. The molecule has 19 heavy (non-hydrogen) atoms. The molecule has 100 valence electrons. The molecular weight excluding hydrogens is 250 g/mol. The lowest BCUT2D eigenvalue weighted by Crippen LogP contribution is -2.30. The van der Waals surface area contributed by atoms with Gasteiger partial charge in [0.05, 0.1) is 0 Å². The number of anilines is 2. The van der Waals surface area contributed by atoms with Gasteiger partial charge in [-0.1, -0.05) is 6.92 Å². The van der Waals surface area contributed by atoms with Crippen LogP contribution in [0.15, 0.2) is 15.8 Å². The Hall–Kier alpha value is -2.71. The zero-order valence-electron chi connectivity index (χ0n) is 10.3. The average molecular weight is 263 g/mol. The van der Waals surface area contributed by atoms with Gasteiger partial charge in [0.2, 0.25) is 11.9 Å². The fourth-order valence-corrected chi connectivity index (χ4v) is 1.61. The molecule has 5 N–H and O–H groups in total. The number of aromatic nitrogens is 5. The van der Waals surface area contributed by atoms with Crippen LogP contribution in [0.3, 0.4) is 0 Å². The number of aromatic amines is 1. The summed E-state index contributed by atoms with van der Waals surface area (Å²) in [5.41, 5.74) is 9.94. The summed E-state index contributed by atoms with van der Waals surface area (Å²) in [5, 5.41) is 0. The Morgan fingerprint density at radius 2 is 1.84 bits per heavy atom. The molecule has 0 atom stereocenters. The minimum absolute atomic E-state index is 0.0381. The quantitative estimate of drug-likeness (QED) is 0.641. The summed E-state index contributed by atoms with van der Waals surface area (Å²) in [6.07, 6.45) is 2.13. The fourth-order valence-electron chi connectivity index (χ4n) is 1.61. The second kappa shape index (κ2) is 4.88. The Kier molecular flexibility index (Phi) is 3.27. The van der Waals surface area contributed by atoms with Crippen LogP contribution in [0, 0.1) is 0 Å². The Morgan fingerprint density at radius 1 is 1.21 bits per heavy atom. The molecule has 0 saturated carbocycles. The number of nitrogens with two attached hydrogens (primary N) is 2. The zero-order valence-corrected chi connectivity index (χ0v) is 10.3. The number of H-pyrrole nitrogens is 1. The fraction of sp³-hybridized carbons (Fsp3) is 0.300. The normalized spacial score (nSPS) is 10.6. The summed E-state index contributed by atoms with van der Waals surface area (Å²) in [7, 11) is 0.